The molecule has 7 heteroatoms. The highest BCUT2D eigenvalue weighted by Crippen LogP contribution is 2.26. The van der Waals surface area contributed by atoms with E-state index in [-0.39, 0.29) is 18.6 Å². The molecule has 2 rings (SSSR count). The molecular formula is C22H30N2O4S. The van der Waals surface area contributed by atoms with Gasteiger partial charge in [-0.3, -0.25) is 9.10 Å². The van der Waals surface area contributed by atoms with Crippen LogP contribution in [0.2, 0.25) is 0 Å². The number of rotatable bonds is 8. The molecule has 6 nitrogen and oxygen atoms in total. The van der Waals surface area contributed by atoms with E-state index in [1.807, 2.05) is 64.1 Å². The van der Waals surface area contributed by atoms with Crippen LogP contribution in [0.5, 0.6) is 5.75 Å². The van der Waals surface area contributed by atoms with Crippen molar-refractivity contribution in [1.29, 1.82) is 0 Å². The maximum absolute atomic E-state index is 12.8. The third-order valence-corrected chi connectivity index (χ3v) is 5.89. The number of nitrogens with zero attached hydrogens (tertiary/aromatic N) is 1. The largest absolute Gasteiger partial charge is 0.491 e. The van der Waals surface area contributed by atoms with Crippen LogP contribution in [0.3, 0.4) is 0 Å². The van der Waals surface area contributed by atoms with Crippen LogP contribution in [0.25, 0.3) is 0 Å². The molecule has 158 valence electrons. The van der Waals surface area contributed by atoms with E-state index >= 15 is 0 Å². The zero-order chi connectivity index (χ0) is 21.8. The van der Waals surface area contributed by atoms with Crippen LogP contribution in [0, 0.1) is 20.8 Å². The first-order valence-corrected chi connectivity index (χ1v) is 11.4. The molecule has 0 heterocycles. The van der Waals surface area contributed by atoms with Crippen LogP contribution in [-0.4, -0.2) is 39.3 Å². The van der Waals surface area contributed by atoms with Crippen molar-refractivity contribution < 1.29 is 17.9 Å². The monoisotopic (exact) mass is 418 g/mol. The maximum atomic E-state index is 12.8. The Labute approximate surface area is 173 Å². The van der Waals surface area contributed by atoms with Crippen molar-refractivity contribution in [3.8, 4) is 5.75 Å². The van der Waals surface area contributed by atoms with Crippen molar-refractivity contribution in [1.82, 2.24) is 5.32 Å². The molecule has 2 atom stereocenters. The minimum Gasteiger partial charge on any atom is -0.491 e. The van der Waals surface area contributed by atoms with Gasteiger partial charge in [-0.2, -0.15) is 0 Å². The fraction of sp³-hybridized carbons (Fsp3) is 0.409. The van der Waals surface area contributed by atoms with Gasteiger partial charge in [0.15, 0.2) is 0 Å². The fourth-order valence-corrected chi connectivity index (χ4v) is 4.30. The molecule has 0 spiro atoms. The number of hydrogen-bond donors (Lipinski definition) is 1. The third-order valence-electron chi connectivity index (χ3n) is 4.66. The highest BCUT2D eigenvalue weighted by Gasteiger charge is 2.30. The molecule has 0 saturated heterocycles. The Balaban J connectivity index is 2.13. The number of nitrogens with one attached hydrogen (secondary N) is 1. The topological polar surface area (TPSA) is 75.7 Å². The Bertz CT molecular complexity index is 973. The van der Waals surface area contributed by atoms with Crippen molar-refractivity contribution in [3.05, 3.63) is 59.2 Å². The van der Waals surface area contributed by atoms with Gasteiger partial charge in [0.2, 0.25) is 15.9 Å². The Kier molecular flexibility index (Phi) is 7.30. The van der Waals surface area contributed by atoms with Gasteiger partial charge in [0.05, 0.1) is 18.0 Å². The summed E-state index contributed by atoms with van der Waals surface area (Å²) in [5.74, 6) is 0.381. The average molecular weight is 419 g/mol. The molecule has 29 heavy (non-hydrogen) atoms. The number of hydrogen-bond acceptors (Lipinski definition) is 4. The highest BCUT2D eigenvalue weighted by atomic mass is 32.2. The number of aryl methyl sites for hydroxylation is 3. The predicted octanol–water partition coefficient (Wildman–Crippen LogP) is 3.35. The van der Waals surface area contributed by atoms with Gasteiger partial charge in [-0.1, -0.05) is 30.3 Å². The third kappa shape index (κ3) is 5.97. The van der Waals surface area contributed by atoms with Gasteiger partial charge in [-0.15, -0.1) is 0 Å². The number of amides is 1. The summed E-state index contributed by atoms with van der Waals surface area (Å²) < 4.78 is 32.0. The van der Waals surface area contributed by atoms with E-state index in [9.17, 15) is 13.2 Å². The van der Waals surface area contributed by atoms with E-state index in [1.165, 1.54) is 4.31 Å². The Hall–Kier alpha value is -2.54. The summed E-state index contributed by atoms with van der Waals surface area (Å²) in [5.41, 5.74) is 3.24. The molecular weight excluding hydrogens is 388 g/mol. The minimum atomic E-state index is -3.66. The van der Waals surface area contributed by atoms with Crippen LogP contribution in [0.15, 0.2) is 42.5 Å². The van der Waals surface area contributed by atoms with Gasteiger partial charge in [0.1, 0.15) is 18.4 Å². The van der Waals surface area contributed by atoms with Crippen LogP contribution >= 0.6 is 0 Å². The van der Waals surface area contributed by atoms with E-state index in [0.717, 1.165) is 28.7 Å². The lowest BCUT2D eigenvalue weighted by atomic mass is 10.1. The molecule has 0 aromatic heterocycles. The maximum Gasteiger partial charge on any atom is 0.243 e. The molecule has 0 radical (unpaired) electrons. The van der Waals surface area contributed by atoms with Crippen molar-refractivity contribution in [3.63, 3.8) is 0 Å². The van der Waals surface area contributed by atoms with Gasteiger partial charge >= 0.3 is 0 Å². The highest BCUT2D eigenvalue weighted by molar-refractivity contribution is 7.92. The number of benzene rings is 2. The van der Waals surface area contributed by atoms with Crippen LogP contribution in [0.4, 0.5) is 5.69 Å². The summed E-state index contributed by atoms with van der Waals surface area (Å²) in [7, 11) is -3.66. The molecule has 0 saturated carbocycles. The predicted molar refractivity (Wildman–Crippen MR) is 117 cm³/mol. The first-order chi connectivity index (χ1) is 13.5. The van der Waals surface area contributed by atoms with E-state index in [4.69, 9.17) is 4.74 Å². The molecule has 0 aliphatic carbocycles. The van der Waals surface area contributed by atoms with E-state index in [1.54, 1.807) is 13.0 Å². The Morgan fingerprint density at radius 1 is 1.07 bits per heavy atom. The van der Waals surface area contributed by atoms with Crippen molar-refractivity contribution in [2.45, 2.75) is 46.7 Å². The molecule has 0 fully saturated rings. The summed E-state index contributed by atoms with van der Waals surface area (Å²) in [5, 5.41) is 2.86. The minimum absolute atomic E-state index is 0.283. The van der Waals surface area contributed by atoms with Crippen LogP contribution in [0.1, 0.15) is 30.5 Å². The SMILES string of the molecule is Cc1ccc(C)c(N([C@@H](C)C(=O)N[C@H](C)COc2ccccc2C)S(C)(=O)=O)c1. The zero-order valence-corrected chi connectivity index (χ0v) is 18.7. The Morgan fingerprint density at radius 2 is 1.72 bits per heavy atom. The number of para-hydroxylation sites is 1. The summed E-state index contributed by atoms with van der Waals surface area (Å²) in [4.78, 5) is 12.8. The van der Waals surface area contributed by atoms with Gasteiger partial charge in [0.25, 0.3) is 0 Å². The second-order valence-electron chi connectivity index (χ2n) is 7.51. The number of ether oxygens (including phenoxy) is 1. The molecule has 1 amide bonds. The van der Waals surface area contributed by atoms with Crippen molar-refractivity contribution in [2.24, 2.45) is 0 Å². The molecule has 2 aromatic carbocycles. The smallest absolute Gasteiger partial charge is 0.243 e. The summed E-state index contributed by atoms with van der Waals surface area (Å²) in [6.07, 6.45) is 1.11. The quantitative estimate of drug-likeness (QED) is 0.713. The van der Waals surface area contributed by atoms with Crippen molar-refractivity contribution >= 4 is 21.6 Å². The van der Waals surface area contributed by atoms with Gasteiger partial charge < -0.3 is 10.1 Å². The normalized spacial score (nSPS) is 13.4. The van der Waals surface area contributed by atoms with Gasteiger partial charge in [0, 0.05) is 0 Å². The van der Waals surface area contributed by atoms with E-state index < -0.39 is 16.1 Å². The number of carbonyl (C=O) groups excluding carboxylic acids is 1. The number of sulfonamides is 1. The average Bonchev–Trinajstić information content (AvgIpc) is 2.63. The molecule has 0 bridgehead atoms. The standard InChI is InChI=1S/C22H30N2O4S/c1-15-11-12-16(2)20(13-15)24(29(6,26)27)19(5)22(25)23-18(4)14-28-21-10-8-7-9-17(21)3/h7-13,18-19H,14H2,1-6H3,(H,23,25)/t18-,19+/m1/s1. The van der Waals surface area contributed by atoms with Crippen molar-refractivity contribution in [2.75, 3.05) is 17.2 Å². The lowest BCUT2D eigenvalue weighted by molar-refractivity contribution is -0.122. The number of carbonyl (C=O) groups is 1. The second kappa shape index (κ2) is 9.31. The Morgan fingerprint density at radius 3 is 2.34 bits per heavy atom. The first-order valence-electron chi connectivity index (χ1n) is 9.56. The number of anilines is 1. The summed E-state index contributed by atoms with van der Waals surface area (Å²) >= 11 is 0. The molecule has 0 aliphatic heterocycles. The summed E-state index contributed by atoms with van der Waals surface area (Å²) in [6.45, 7) is 9.37. The second-order valence-corrected chi connectivity index (χ2v) is 9.37. The molecule has 2 aromatic rings. The zero-order valence-electron chi connectivity index (χ0n) is 17.9. The van der Waals surface area contributed by atoms with Crippen LogP contribution < -0.4 is 14.4 Å². The lowest BCUT2D eigenvalue weighted by Gasteiger charge is -2.30. The lowest BCUT2D eigenvalue weighted by Crippen LogP contribution is -2.51. The van der Waals surface area contributed by atoms with Gasteiger partial charge in [-0.05, 0) is 63.4 Å². The fourth-order valence-electron chi connectivity index (χ4n) is 3.08. The molecule has 1 N–H and O–H groups in total. The van der Waals surface area contributed by atoms with Crippen LogP contribution in [-0.2, 0) is 14.8 Å². The van der Waals surface area contributed by atoms with Gasteiger partial charge in [-0.25, -0.2) is 8.42 Å². The first kappa shape index (κ1) is 22.7. The molecule has 0 aliphatic rings. The molecule has 0 unspecified atom stereocenters. The van der Waals surface area contributed by atoms with E-state index in [2.05, 4.69) is 5.32 Å². The van der Waals surface area contributed by atoms with E-state index in [0.29, 0.717) is 5.69 Å². The summed E-state index contributed by atoms with van der Waals surface area (Å²) in [6, 6.07) is 12.0.